The first-order valence-corrected chi connectivity index (χ1v) is 5.51. The first-order valence-electron chi connectivity index (χ1n) is 5.51. The Hall–Kier alpha value is -0.860. The van der Waals surface area contributed by atoms with E-state index in [1.54, 1.807) is 0 Å². The highest BCUT2D eigenvalue weighted by molar-refractivity contribution is 5.37. The molecule has 0 spiro atoms. The van der Waals surface area contributed by atoms with Gasteiger partial charge >= 0.3 is 0 Å². The molecule has 0 radical (unpaired) electrons. The largest absolute Gasteiger partial charge is 0.396 e. The lowest BCUT2D eigenvalue weighted by molar-refractivity contribution is 0.211. The summed E-state index contributed by atoms with van der Waals surface area (Å²) < 4.78 is 0. The van der Waals surface area contributed by atoms with E-state index < -0.39 is 0 Å². The van der Waals surface area contributed by atoms with E-state index in [4.69, 9.17) is 5.73 Å². The molecule has 1 aliphatic carbocycles. The van der Waals surface area contributed by atoms with Crippen LogP contribution in [-0.4, -0.2) is 18.3 Å². The third-order valence-electron chi connectivity index (χ3n) is 3.84. The highest BCUT2D eigenvalue weighted by atomic mass is 16.3. The maximum atomic E-state index is 9.33. The number of benzene rings is 1. The van der Waals surface area contributed by atoms with Gasteiger partial charge in [-0.3, -0.25) is 0 Å². The molecule has 2 nitrogen and oxygen atoms in total. The molecule has 1 aromatic carbocycles. The number of hydrogen-bond acceptors (Lipinski definition) is 2. The van der Waals surface area contributed by atoms with Gasteiger partial charge in [0.2, 0.25) is 0 Å². The highest BCUT2D eigenvalue weighted by Gasteiger charge is 2.53. The Labute approximate surface area is 91.1 Å². The lowest BCUT2D eigenvalue weighted by atomic mass is 9.97. The predicted molar refractivity (Wildman–Crippen MR) is 61.8 cm³/mol. The van der Waals surface area contributed by atoms with Crippen molar-refractivity contribution < 1.29 is 5.11 Å². The summed E-state index contributed by atoms with van der Waals surface area (Å²) in [7, 11) is 0. The van der Waals surface area contributed by atoms with Gasteiger partial charge in [-0.05, 0) is 42.9 Å². The SMILES string of the molecule is Cc1ccc([C@@H]2C[C@]2(CN)CO)cc1C. The molecule has 0 bridgehead atoms. The maximum Gasteiger partial charge on any atom is 0.0505 e. The molecule has 0 aromatic heterocycles. The number of aryl methyl sites for hydroxylation is 2. The summed E-state index contributed by atoms with van der Waals surface area (Å²) in [5.41, 5.74) is 9.66. The molecule has 82 valence electrons. The Bertz CT molecular complexity index is 369. The summed E-state index contributed by atoms with van der Waals surface area (Å²) in [5, 5.41) is 9.33. The third kappa shape index (κ3) is 1.68. The Morgan fingerprint density at radius 1 is 1.40 bits per heavy atom. The van der Waals surface area contributed by atoms with E-state index in [1.165, 1.54) is 16.7 Å². The van der Waals surface area contributed by atoms with E-state index in [0.717, 1.165) is 6.42 Å². The lowest BCUT2D eigenvalue weighted by Crippen LogP contribution is -2.21. The Morgan fingerprint density at radius 3 is 2.60 bits per heavy atom. The predicted octanol–water partition coefficient (Wildman–Crippen LogP) is 1.73. The lowest BCUT2D eigenvalue weighted by Gasteiger charge is -2.12. The summed E-state index contributed by atoms with van der Waals surface area (Å²) in [4.78, 5) is 0. The summed E-state index contributed by atoms with van der Waals surface area (Å²) >= 11 is 0. The van der Waals surface area contributed by atoms with Crippen molar-refractivity contribution in [2.24, 2.45) is 11.1 Å². The van der Waals surface area contributed by atoms with Gasteiger partial charge in [-0.2, -0.15) is 0 Å². The fourth-order valence-corrected chi connectivity index (χ4v) is 2.27. The van der Waals surface area contributed by atoms with Crippen molar-refractivity contribution in [2.45, 2.75) is 26.2 Å². The van der Waals surface area contributed by atoms with Crippen LogP contribution in [0.15, 0.2) is 18.2 Å². The Kier molecular flexibility index (Phi) is 2.57. The first-order chi connectivity index (χ1) is 7.13. The van der Waals surface area contributed by atoms with Crippen molar-refractivity contribution in [1.82, 2.24) is 0 Å². The van der Waals surface area contributed by atoms with E-state index in [-0.39, 0.29) is 12.0 Å². The maximum absolute atomic E-state index is 9.33. The van der Waals surface area contributed by atoms with Crippen LogP contribution in [0.25, 0.3) is 0 Å². The summed E-state index contributed by atoms with van der Waals surface area (Å²) in [6, 6.07) is 6.55. The average Bonchev–Trinajstić information content (AvgIpc) is 2.97. The molecule has 1 fully saturated rings. The zero-order chi connectivity index (χ0) is 11.1. The topological polar surface area (TPSA) is 46.2 Å². The van der Waals surface area contributed by atoms with Gasteiger partial charge in [0.05, 0.1) is 6.61 Å². The zero-order valence-corrected chi connectivity index (χ0v) is 9.46. The molecule has 1 aromatic rings. The van der Waals surface area contributed by atoms with Crippen molar-refractivity contribution in [3.63, 3.8) is 0 Å². The van der Waals surface area contributed by atoms with Crippen molar-refractivity contribution in [1.29, 1.82) is 0 Å². The molecule has 1 aliphatic rings. The third-order valence-corrected chi connectivity index (χ3v) is 3.84. The summed E-state index contributed by atoms with van der Waals surface area (Å²) in [5.74, 6) is 0.465. The van der Waals surface area contributed by atoms with Crippen LogP contribution in [-0.2, 0) is 0 Å². The van der Waals surface area contributed by atoms with Crippen LogP contribution in [0, 0.1) is 19.3 Å². The van der Waals surface area contributed by atoms with Crippen LogP contribution >= 0.6 is 0 Å². The van der Waals surface area contributed by atoms with Gasteiger partial charge in [-0.1, -0.05) is 18.2 Å². The van der Waals surface area contributed by atoms with E-state index >= 15 is 0 Å². The molecule has 0 unspecified atom stereocenters. The molecule has 0 saturated heterocycles. The van der Waals surface area contributed by atoms with Crippen LogP contribution < -0.4 is 5.73 Å². The van der Waals surface area contributed by atoms with Crippen LogP contribution in [0.3, 0.4) is 0 Å². The number of aliphatic hydroxyl groups is 1. The van der Waals surface area contributed by atoms with Crippen molar-refractivity contribution in [3.05, 3.63) is 34.9 Å². The molecular formula is C13H19NO. The van der Waals surface area contributed by atoms with Crippen molar-refractivity contribution in [3.8, 4) is 0 Å². The Balaban J connectivity index is 2.23. The van der Waals surface area contributed by atoms with Gasteiger partial charge < -0.3 is 10.8 Å². The average molecular weight is 205 g/mol. The van der Waals surface area contributed by atoms with Gasteiger partial charge in [0, 0.05) is 12.0 Å². The Morgan fingerprint density at radius 2 is 2.13 bits per heavy atom. The second-order valence-corrected chi connectivity index (χ2v) is 4.83. The molecule has 0 aliphatic heterocycles. The molecule has 2 atom stereocenters. The quantitative estimate of drug-likeness (QED) is 0.789. The molecular weight excluding hydrogens is 186 g/mol. The minimum absolute atomic E-state index is 0.0261. The molecule has 0 heterocycles. The van der Waals surface area contributed by atoms with Gasteiger partial charge in [0.25, 0.3) is 0 Å². The van der Waals surface area contributed by atoms with E-state index in [0.29, 0.717) is 12.5 Å². The van der Waals surface area contributed by atoms with Gasteiger partial charge in [-0.25, -0.2) is 0 Å². The number of aliphatic hydroxyl groups excluding tert-OH is 1. The first kappa shape index (κ1) is 10.7. The molecule has 3 N–H and O–H groups in total. The highest BCUT2D eigenvalue weighted by Crippen LogP contribution is 2.58. The fourth-order valence-electron chi connectivity index (χ4n) is 2.27. The van der Waals surface area contributed by atoms with E-state index in [2.05, 4.69) is 32.0 Å². The summed E-state index contributed by atoms with van der Waals surface area (Å²) in [6.45, 7) is 5.04. The normalized spacial score (nSPS) is 29.2. The molecule has 15 heavy (non-hydrogen) atoms. The monoisotopic (exact) mass is 205 g/mol. The minimum atomic E-state index is -0.0261. The number of hydrogen-bond donors (Lipinski definition) is 2. The van der Waals surface area contributed by atoms with Crippen LogP contribution in [0.1, 0.15) is 29.0 Å². The number of rotatable bonds is 3. The van der Waals surface area contributed by atoms with E-state index in [9.17, 15) is 5.11 Å². The van der Waals surface area contributed by atoms with Gasteiger partial charge in [-0.15, -0.1) is 0 Å². The van der Waals surface area contributed by atoms with Crippen LogP contribution in [0.2, 0.25) is 0 Å². The standard InChI is InChI=1S/C13H19NO/c1-9-3-4-11(5-10(9)2)12-6-13(12,7-14)8-15/h3-5,12,15H,6-8,14H2,1-2H3/t12-,13-/m0/s1. The summed E-state index contributed by atoms with van der Waals surface area (Å²) in [6.07, 6.45) is 1.03. The molecule has 0 amide bonds. The smallest absolute Gasteiger partial charge is 0.0505 e. The van der Waals surface area contributed by atoms with Crippen molar-refractivity contribution >= 4 is 0 Å². The minimum Gasteiger partial charge on any atom is -0.396 e. The van der Waals surface area contributed by atoms with Gasteiger partial charge in [0.15, 0.2) is 0 Å². The molecule has 1 saturated carbocycles. The fraction of sp³-hybridized carbons (Fsp3) is 0.538. The second kappa shape index (κ2) is 3.62. The number of nitrogens with two attached hydrogens (primary N) is 1. The van der Waals surface area contributed by atoms with E-state index in [1.807, 2.05) is 0 Å². The second-order valence-electron chi connectivity index (χ2n) is 4.83. The van der Waals surface area contributed by atoms with Gasteiger partial charge in [0.1, 0.15) is 0 Å². The van der Waals surface area contributed by atoms with Crippen molar-refractivity contribution in [2.75, 3.05) is 13.2 Å². The molecule has 2 rings (SSSR count). The zero-order valence-electron chi connectivity index (χ0n) is 9.46. The van der Waals surface area contributed by atoms with Crippen LogP contribution in [0.5, 0.6) is 0 Å². The van der Waals surface area contributed by atoms with Crippen LogP contribution in [0.4, 0.5) is 0 Å². The molecule has 2 heteroatoms.